The molecule has 3 aromatic rings. The van der Waals surface area contributed by atoms with Gasteiger partial charge in [-0.15, -0.1) is 0 Å². The third-order valence-electron chi connectivity index (χ3n) is 4.24. The standard InChI is InChI=1S/C17H19N7/c1-13-11-21-17(22-15(13)14-3-2-4-18-12-14)24-9-7-23(8-10-24)16-19-5-6-20-16/h2-6,11-12H,7-10H2,1H3,(H,19,20). The summed E-state index contributed by atoms with van der Waals surface area (Å²) in [6.45, 7) is 5.56. The fraction of sp³-hybridized carbons (Fsp3) is 0.294. The normalized spacial score (nSPS) is 14.9. The van der Waals surface area contributed by atoms with Crippen molar-refractivity contribution in [2.75, 3.05) is 36.0 Å². The lowest BCUT2D eigenvalue weighted by molar-refractivity contribution is 0.630. The van der Waals surface area contributed by atoms with E-state index in [2.05, 4.69) is 29.7 Å². The van der Waals surface area contributed by atoms with Crippen molar-refractivity contribution in [1.29, 1.82) is 0 Å². The van der Waals surface area contributed by atoms with Gasteiger partial charge in [0.2, 0.25) is 11.9 Å². The minimum atomic E-state index is 0.776. The molecule has 7 heteroatoms. The molecule has 0 amide bonds. The van der Waals surface area contributed by atoms with Crippen molar-refractivity contribution in [3.05, 3.63) is 48.7 Å². The van der Waals surface area contributed by atoms with Gasteiger partial charge >= 0.3 is 0 Å². The first-order chi connectivity index (χ1) is 11.8. The summed E-state index contributed by atoms with van der Waals surface area (Å²) in [5.41, 5.74) is 3.02. The number of imidazole rings is 1. The van der Waals surface area contributed by atoms with Crippen LogP contribution in [0.1, 0.15) is 5.56 Å². The van der Waals surface area contributed by atoms with E-state index < -0.39 is 0 Å². The molecule has 0 saturated carbocycles. The summed E-state index contributed by atoms with van der Waals surface area (Å²) >= 11 is 0. The fourth-order valence-electron chi connectivity index (χ4n) is 2.93. The van der Waals surface area contributed by atoms with Crippen LogP contribution in [0, 0.1) is 6.92 Å². The Hall–Kier alpha value is -2.96. The molecule has 1 aliphatic rings. The average molecular weight is 321 g/mol. The van der Waals surface area contributed by atoms with Crippen LogP contribution in [0.3, 0.4) is 0 Å². The predicted octanol–water partition coefficient (Wildman–Crippen LogP) is 1.90. The minimum Gasteiger partial charge on any atom is -0.339 e. The van der Waals surface area contributed by atoms with Gasteiger partial charge in [0.1, 0.15) is 0 Å². The molecule has 1 aliphatic heterocycles. The van der Waals surface area contributed by atoms with Gasteiger partial charge in [-0.05, 0) is 24.6 Å². The number of aromatic nitrogens is 5. The maximum Gasteiger partial charge on any atom is 0.225 e. The van der Waals surface area contributed by atoms with Gasteiger partial charge in [0, 0.05) is 62.7 Å². The van der Waals surface area contributed by atoms with Crippen LogP contribution in [0.4, 0.5) is 11.9 Å². The topological polar surface area (TPSA) is 73.8 Å². The number of aryl methyl sites for hydroxylation is 1. The summed E-state index contributed by atoms with van der Waals surface area (Å²) in [6, 6.07) is 3.96. The molecule has 24 heavy (non-hydrogen) atoms. The van der Waals surface area contributed by atoms with Gasteiger partial charge < -0.3 is 14.8 Å². The van der Waals surface area contributed by atoms with Gasteiger partial charge in [-0.3, -0.25) is 4.98 Å². The van der Waals surface area contributed by atoms with E-state index in [4.69, 9.17) is 4.98 Å². The van der Waals surface area contributed by atoms with Gasteiger partial charge in [0.25, 0.3) is 0 Å². The van der Waals surface area contributed by atoms with E-state index in [0.29, 0.717) is 0 Å². The molecular formula is C17H19N7. The fourth-order valence-corrected chi connectivity index (χ4v) is 2.93. The molecule has 0 unspecified atom stereocenters. The molecule has 4 rings (SSSR count). The molecule has 0 radical (unpaired) electrons. The SMILES string of the molecule is Cc1cnc(N2CCN(c3ncc[nH]3)CC2)nc1-c1cccnc1. The number of rotatable bonds is 3. The van der Waals surface area contributed by atoms with Crippen molar-refractivity contribution in [3.8, 4) is 11.3 Å². The molecule has 1 fully saturated rings. The Morgan fingerprint density at radius 1 is 1.00 bits per heavy atom. The molecule has 0 spiro atoms. The Morgan fingerprint density at radius 3 is 2.54 bits per heavy atom. The number of nitrogens with one attached hydrogen (secondary N) is 1. The lowest BCUT2D eigenvalue weighted by Crippen LogP contribution is -2.47. The Bertz CT molecular complexity index is 793. The summed E-state index contributed by atoms with van der Waals surface area (Å²) in [6.07, 6.45) is 9.14. The molecule has 0 bridgehead atoms. The third-order valence-corrected chi connectivity index (χ3v) is 4.24. The molecule has 1 saturated heterocycles. The quantitative estimate of drug-likeness (QED) is 0.794. The van der Waals surface area contributed by atoms with Gasteiger partial charge in [0.15, 0.2) is 0 Å². The summed E-state index contributed by atoms with van der Waals surface area (Å²) in [5.74, 6) is 1.70. The van der Waals surface area contributed by atoms with E-state index in [9.17, 15) is 0 Å². The van der Waals surface area contributed by atoms with E-state index >= 15 is 0 Å². The summed E-state index contributed by atoms with van der Waals surface area (Å²) in [4.78, 5) is 25.4. The van der Waals surface area contributed by atoms with Crippen LogP contribution < -0.4 is 9.80 Å². The Morgan fingerprint density at radius 2 is 1.83 bits per heavy atom. The third kappa shape index (κ3) is 2.80. The van der Waals surface area contributed by atoms with Crippen LogP contribution in [0.5, 0.6) is 0 Å². The van der Waals surface area contributed by atoms with Gasteiger partial charge in [0.05, 0.1) is 5.69 Å². The molecular weight excluding hydrogens is 302 g/mol. The van der Waals surface area contributed by atoms with Crippen LogP contribution >= 0.6 is 0 Å². The molecule has 0 aromatic carbocycles. The first kappa shape index (κ1) is 14.6. The predicted molar refractivity (Wildman–Crippen MR) is 93.0 cm³/mol. The highest BCUT2D eigenvalue weighted by molar-refractivity contribution is 5.62. The van der Waals surface area contributed by atoms with Gasteiger partial charge in [-0.1, -0.05) is 0 Å². The van der Waals surface area contributed by atoms with E-state index in [1.165, 1.54) is 0 Å². The smallest absolute Gasteiger partial charge is 0.225 e. The number of aromatic amines is 1. The first-order valence-electron chi connectivity index (χ1n) is 8.04. The monoisotopic (exact) mass is 321 g/mol. The van der Waals surface area contributed by atoms with Crippen LogP contribution in [-0.2, 0) is 0 Å². The zero-order chi connectivity index (χ0) is 16.4. The molecule has 0 aliphatic carbocycles. The lowest BCUT2D eigenvalue weighted by atomic mass is 10.1. The van der Waals surface area contributed by atoms with E-state index in [1.807, 2.05) is 37.6 Å². The zero-order valence-corrected chi connectivity index (χ0v) is 13.6. The van der Waals surface area contributed by atoms with Crippen LogP contribution in [0.25, 0.3) is 11.3 Å². The van der Waals surface area contributed by atoms with Crippen molar-refractivity contribution in [2.45, 2.75) is 6.92 Å². The second-order valence-electron chi connectivity index (χ2n) is 5.83. The summed E-state index contributed by atoms with van der Waals surface area (Å²) < 4.78 is 0. The molecule has 0 atom stereocenters. The van der Waals surface area contributed by atoms with Crippen LogP contribution in [0.2, 0.25) is 0 Å². The van der Waals surface area contributed by atoms with Crippen molar-refractivity contribution >= 4 is 11.9 Å². The number of hydrogen-bond acceptors (Lipinski definition) is 6. The maximum atomic E-state index is 4.79. The average Bonchev–Trinajstić information content (AvgIpc) is 3.18. The number of nitrogens with zero attached hydrogens (tertiary/aromatic N) is 6. The Kier molecular flexibility index (Phi) is 3.82. The zero-order valence-electron chi connectivity index (χ0n) is 13.6. The highest BCUT2D eigenvalue weighted by Gasteiger charge is 2.21. The second kappa shape index (κ2) is 6.27. The number of anilines is 2. The van der Waals surface area contributed by atoms with Gasteiger partial charge in [-0.25, -0.2) is 15.0 Å². The van der Waals surface area contributed by atoms with Gasteiger partial charge in [-0.2, -0.15) is 0 Å². The largest absolute Gasteiger partial charge is 0.339 e. The molecule has 7 nitrogen and oxygen atoms in total. The lowest BCUT2D eigenvalue weighted by Gasteiger charge is -2.34. The number of hydrogen-bond donors (Lipinski definition) is 1. The van der Waals surface area contributed by atoms with Crippen molar-refractivity contribution < 1.29 is 0 Å². The molecule has 4 heterocycles. The Labute approximate surface area is 140 Å². The van der Waals surface area contributed by atoms with Crippen LogP contribution in [-0.4, -0.2) is 51.1 Å². The number of H-pyrrole nitrogens is 1. The van der Waals surface area contributed by atoms with Crippen LogP contribution in [0.15, 0.2) is 43.1 Å². The maximum absolute atomic E-state index is 4.79. The first-order valence-corrected chi connectivity index (χ1v) is 8.04. The molecule has 3 aromatic heterocycles. The highest BCUT2D eigenvalue weighted by atomic mass is 15.4. The summed E-state index contributed by atoms with van der Waals surface area (Å²) in [5, 5.41) is 0. The highest BCUT2D eigenvalue weighted by Crippen LogP contribution is 2.23. The van der Waals surface area contributed by atoms with Crippen molar-refractivity contribution in [1.82, 2.24) is 24.9 Å². The van der Waals surface area contributed by atoms with Crippen molar-refractivity contribution in [3.63, 3.8) is 0 Å². The van der Waals surface area contributed by atoms with Crippen molar-refractivity contribution in [2.24, 2.45) is 0 Å². The second-order valence-corrected chi connectivity index (χ2v) is 5.83. The summed E-state index contributed by atoms with van der Waals surface area (Å²) in [7, 11) is 0. The van der Waals surface area contributed by atoms with E-state index in [-0.39, 0.29) is 0 Å². The minimum absolute atomic E-state index is 0.776. The van der Waals surface area contributed by atoms with E-state index in [1.54, 1.807) is 12.4 Å². The number of pyridine rings is 1. The Balaban J connectivity index is 1.53. The number of piperazine rings is 1. The molecule has 1 N–H and O–H groups in total. The molecule has 122 valence electrons. The van der Waals surface area contributed by atoms with E-state index in [0.717, 1.165) is 54.9 Å².